The number of hydrogen-bond acceptors (Lipinski definition) is 4. The summed E-state index contributed by atoms with van der Waals surface area (Å²) in [6.45, 7) is 8.64. The number of carbonyl (C=O) groups is 2. The molecule has 1 aromatic rings. The molecule has 160 valence electrons. The normalized spacial score (nSPS) is 26.9. The molecule has 1 aromatic heterocycles. The third kappa shape index (κ3) is 4.01. The molecule has 0 aromatic carbocycles. The lowest BCUT2D eigenvalue weighted by molar-refractivity contribution is 0.0222. The fourth-order valence-corrected chi connectivity index (χ4v) is 5.56. The Morgan fingerprint density at radius 2 is 2.00 bits per heavy atom. The largest absolute Gasteiger partial charge is 0.444 e. The quantitative estimate of drug-likeness (QED) is 0.842. The smallest absolute Gasteiger partial charge is 0.410 e. The molecular weight excluding hydrogens is 368 g/mol. The molecule has 29 heavy (non-hydrogen) atoms. The second-order valence-corrected chi connectivity index (χ2v) is 10.2. The van der Waals surface area contributed by atoms with E-state index in [2.05, 4.69) is 17.3 Å². The highest BCUT2D eigenvalue weighted by Gasteiger charge is 2.42. The first-order valence-corrected chi connectivity index (χ1v) is 11.0. The molecule has 0 saturated heterocycles. The highest BCUT2D eigenvalue weighted by Crippen LogP contribution is 2.49. The van der Waals surface area contributed by atoms with E-state index < -0.39 is 5.60 Å². The first-order chi connectivity index (χ1) is 13.6. The third-order valence-electron chi connectivity index (χ3n) is 6.86. The van der Waals surface area contributed by atoms with Crippen molar-refractivity contribution in [3.05, 3.63) is 17.0 Å². The van der Waals surface area contributed by atoms with Gasteiger partial charge in [0.15, 0.2) is 0 Å². The van der Waals surface area contributed by atoms with Crippen molar-refractivity contribution >= 4 is 12.0 Å². The van der Waals surface area contributed by atoms with Crippen molar-refractivity contribution in [3.8, 4) is 0 Å². The van der Waals surface area contributed by atoms with Gasteiger partial charge in [-0.15, -0.1) is 0 Å². The summed E-state index contributed by atoms with van der Waals surface area (Å²) in [6.07, 6.45) is 5.53. The molecular formula is C22H34N4O3. The highest BCUT2D eigenvalue weighted by molar-refractivity contribution is 5.94. The summed E-state index contributed by atoms with van der Waals surface area (Å²) in [4.78, 5) is 27.4. The zero-order valence-electron chi connectivity index (χ0n) is 18.3. The Morgan fingerprint density at radius 1 is 1.24 bits per heavy atom. The van der Waals surface area contributed by atoms with E-state index in [1.165, 1.54) is 25.7 Å². The van der Waals surface area contributed by atoms with Crippen LogP contribution in [-0.2, 0) is 24.8 Å². The lowest BCUT2D eigenvalue weighted by Gasteiger charge is -2.30. The van der Waals surface area contributed by atoms with Crippen molar-refractivity contribution in [2.75, 3.05) is 6.54 Å². The van der Waals surface area contributed by atoms with Crippen molar-refractivity contribution < 1.29 is 14.3 Å². The Balaban J connectivity index is 1.47. The van der Waals surface area contributed by atoms with Crippen molar-refractivity contribution in [2.24, 2.45) is 24.8 Å². The molecule has 7 nitrogen and oxygen atoms in total. The Hall–Kier alpha value is -2.05. The lowest BCUT2D eigenvalue weighted by atomic mass is 9.84. The number of nitrogens with zero attached hydrogens (tertiary/aromatic N) is 3. The Kier molecular flexibility index (Phi) is 5.11. The molecule has 2 bridgehead atoms. The summed E-state index contributed by atoms with van der Waals surface area (Å²) in [5, 5.41) is 7.81. The number of hydrogen-bond donors (Lipinski definition) is 1. The molecule has 2 amide bonds. The van der Waals surface area contributed by atoms with E-state index in [1.807, 2.05) is 27.8 Å². The zero-order valence-corrected chi connectivity index (χ0v) is 18.3. The SMILES string of the molecule is CC(NC(=O)c1c2c(nn1C)CCN(C(=O)OC(C)(C)C)C2)C1CC2CCC1C2. The number of aryl methyl sites for hydroxylation is 1. The minimum atomic E-state index is -0.539. The van der Waals surface area contributed by atoms with Gasteiger partial charge in [-0.2, -0.15) is 5.10 Å². The van der Waals surface area contributed by atoms with E-state index in [0.29, 0.717) is 31.1 Å². The number of aromatic nitrogens is 2. The molecule has 4 atom stereocenters. The molecule has 4 unspecified atom stereocenters. The van der Waals surface area contributed by atoms with Gasteiger partial charge in [0.05, 0.1) is 12.2 Å². The first-order valence-electron chi connectivity index (χ1n) is 11.0. The van der Waals surface area contributed by atoms with Crippen LogP contribution in [0.1, 0.15) is 75.1 Å². The Morgan fingerprint density at radius 3 is 2.62 bits per heavy atom. The standard InChI is InChI=1S/C22H34N4O3/c1-13(16-11-14-6-7-15(16)10-14)23-20(27)19-17-12-26(21(28)29-22(2,3)4)9-8-18(17)24-25(19)5/h13-16H,6-12H2,1-5H3,(H,23,27). The summed E-state index contributed by atoms with van der Waals surface area (Å²) in [7, 11) is 1.81. The maximum absolute atomic E-state index is 13.2. The van der Waals surface area contributed by atoms with Gasteiger partial charge in [0.1, 0.15) is 11.3 Å². The minimum Gasteiger partial charge on any atom is -0.444 e. The molecule has 4 rings (SSSR count). The molecule has 2 aliphatic carbocycles. The number of nitrogens with one attached hydrogen (secondary N) is 1. The zero-order chi connectivity index (χ0) is 20.9. The van der Waals surface area contributed by atoms with Gasteiger partial charge in [0.25, 0.3) is 5.91 Å². The number of carbonyl (C=O) groups excluding carboxylic acids is 2. The van der Waals surface area contributed by atoms with Gasteiger partial charge in [-0.25, -0.2) is 4.79 Å². The average Bonchev–Trinajstić information content (AvgIpc) is 3.32. The van der Waals surface area contributed by atoms with Crippen LogP contribution in [-0.4, -0.2) is 44.9 Å². The summed E-state index contributed by atoms with van der Waals surface area (Å²) in [5.41, 5.74) is 1.79. The summed E-state index contributed by atoms with van der Waals surface area (Å²) in [6, 6.07) is 0.161. The second kappa shape index (κ2) is 7.33. The molecule has 2 fully saturated rings. The van der Waals surface area contributed by atoms with E-state index in [1.54, 1.807) is 9.58 Å². The monoisotopic (exact) mass is 402 g/mol. The van der Waals surface area contributed by atoms with Gasteiger partial charge in [-0.3, -0.25) is 9.48 Å². The van der Waals surface area contributed by atoms with Crippen LogP contribution in [0.5, 0.6) is 0 Å². The summed E-state index contributed by atoms with van der Waals surface area (Å²) in [5.74, 6) is 2.12. The van der Waals surface area contributed by atoms with Crippen LogP contribution in [0.15, 0.2) is 0 Å². The lowest BCUT2D eigenvalue weighted by Crippen LogP contribution is -2.42. The highest BCUT2D eigenvalue weighted by atomic mass is 16.6. The van der Waals surface area contributed by atoms with E-state index in [9.17, 15) is 9.59 Å². The Labute approximate surface area is 173 Å². The number of ether oxygens (including phenoxy) is 1. The number of rotatable bonds is 3. The molecule has 3 aliphatic rings. The molecule has 2 heterocycles. The van der Waals surface area contributed by atoms with Crippen LogP contribution in [0.3, 0.4) is 0 Å². The van der Waals surface area contributed by atoms with E-state index >= 15 is 0 Å². The molecule has 0 spiro atoms. The Bertz CT molecular complexity index is 810. The van der Waals surface area contributed by atoms with Crippen LogP contribution < -0.4 is 5.32 Å². The van der Waals surface area contributed by atoms with Crippen LogP contribution in [0, 0.1) is 17.8 Å². The maximum atomic E-state index is 13.2. The average molecular weight is 403 g/mol. The van der Waals surface area contributed by atoms with Crippen molar-refractivity contribution in [2.45, 2.75) is 78.0 Å². The van der Waals surface area contributed by atoms with Gasteiger partial charge in [0.2, 0.25) is 0 Å². The third-order valence-corrected chi connectivity index (χ3v) is 6.86. The van der Waals surface area contributed by atoms with E-state index in [-0.39, 0.29) is 18.0 Å². The van der Waals surface area contributed by atoms with Crippen LogP contribution in [0.4, 0.5) is 4.79 Å². The van der Waals surface area contributed by atoms with Crippen LogP contribution >= 0.6 is 0 Å². The summed E-state index contributed by atoms with van der Waals surface area (Å²) >= 11 is 0. The van der Waals surface area contributed by atoms with E-state index in [4.69, 9.17) is 4.74 Å². The van der Waals surface area contributed by atoms with Gasteiger partial charge in [0, 0.05) is 31.6 Å². The van der Waals surface area contributed by atoms with Gasteiger partial charge in [-0.1, -0.05) is 6.42 Å². The molecule has 2 saturated carbocycles. The molecule has 0 radical (unpaired) electrons. The molecule has 7 heteroatoms. The first kappa shape index (κ1) is 20.2. The fraction of sp³-hybridized carbons (Fsp3) is 0.773. The number of fused-ring (bicyclic) bond motifs is 3. The minimum absolute atomic E-state index is 0.0810. The van der Waals surface area contributed by atoms with Gasteiger partial charge in [-0.05, 0) is 64.7 Å². The molecule has 1 N–H and O–H groups in total. The van der Waals surface area contributed by atoms with Crippen molar-refractivity contribution in [3.63, 3.8) is 0 Å². The van der Waals surface area contributed by atoms with Crippen LogP contribution in [0.25, 0.3) is 0 Å². The second-order valence-electron chi connectivity index (χ2n) is 10.2. The van der Waals surface area contributed by atoms with Crippen LogP contribution in [0.2, 0.25) is 0 Å². The van der Waals surface area contributed by atoms with Crippen molar-refractivity contribution in [1.29, 1.82) is 0 Å². The fourth-order valence-electron chi connectivity index (χ4n) is 5.56. The van der Waals surface area contributed by atoms with Gasteiger partial charge < -0.3 is 15.0 Å². The van der Waals surface area contributed by atoms with Crippen molar-refractivity contribution in [1.82, 2.24) is 20.0 Å². The summed E-state index contributed by atoms with van der Waals surface area (Å²) < 4.78 is 7.19. The van der Waals surface area contributed by atoms with E-state index in [0.717, 1.165) is 23.1 Å². The maximum Gasteiger partial charge on any atom is 0.410 e. The topological polar surface area (TPSA) is 76.5 Å². The van der Waals surface area contributed by atoms with Gasteiger partial charge >= 0.3 is 6.09 Å². The predicted molar refractivity (Wildman–Crippen MR) is 109 cm³/mol. The molecule has 1 aliphatic heterocycles. The predicted octanol–water partition coefficient (Wildman–Crippen LogP) is 3.27. The number of amides is 2.